The van der Waals surface area contributed by atoms with Crippen LogP contribution < -0.4 is 21.3 Å². The highest BCUT2D eigenvalue weighted by molar-refractivity contribution is 7.52. The molecular weight excluding hydrogens is 1250 g/mol. The highest BCUT2D eigenvalue weighted by Crippen LogP contribution is 2.59. The molecule has 0 spiro atoms. The molecule has 26 heteroatoms. The Morgan fingerprint density at radius 1 is 0.772 bits per heavy atom. The van der Waals surface area contributed by atoms with Gasteiger partial charge in [-0.25, -0.2) is 4.98 Å². The van der Waals surface area contributed by atoms with E-state index in [1.807, 2.05) is 89.2 Å². The van der Waals surface area contributed by atoms with Crippen molar-refractivity contribution in [2.24, 2.45) is 10.8 Å². The van der Waals surface area contributed by atoms with Gasteiger partial charge in [-0.2, -0.15) is 8.78 Å². The van der Waals surface area contributed by atoms with E-state index in [-0.39, 0.29) is 98.6 Å². The number of morpholine rings is 1. The molecule has 0 saturated carbocycles. The lowest BCUT2D eigenvalue weighted by atomic mass is 9.85. The first-order valence-corrected chi connectivity index (χ1v) is 34.7. The number of nitrogens with zero attached hydrogens (tertiary/aromatic N) is 4. The van der Waals surface area contributed by atoms with E-state index in [1.165, 1.54) is 21.9 Å². The maximum atomic E-state index is 14.9. The molecule has 0 bridgehead atoms. The number of aliphatic hydroxyl groups is 1. The number of fused-ring (bicyclic) bond motifs is 1. The van der Waals surface area contributed by atoms with Crippen LogP contribution in [0.25, 0.3) is 20.5 Å². The van der Waals surface area contributed by atoms with E-state index in [0.717, 1.165) is 82.8 Å². The van der Waals surface area contributed by atoms with Crippen LogP contribution in [0.3, 0.4) is 0 Å². The molecule has 5 heterocycles. The van der Waals surface area contributed by atoms with Gasteiger partial charge in [-0.15, -0.1) is 22.7 Å². The molecule has 7 N–H and O–H groups in total. The highest BCUT2D eigenvalue weighted by Gasteiger charge is 2.51. The molecule has 3 aliphatic heterocycles. The van der Waals surface area contributed by atoms with Gasteiger partial charge in [-0.1, -0.05) is 134 Å². The van der Waals surface area contributed by atoms with Gasteiger partial charge in [0.1, 0.15) is 36.9 Å². The van der Waals surface area contributed by atoms with Crippen molar-refractivity contribution in [3.8, 4) is 10.4 Å². The molecule has 3 fully saturated rings. The first-order chi connectivity index (χ1) is 43.4. The number of unbranched alkanes of at least 4 members (excludes halogenated alkanes) is 6. The summed E-state index contributed by atoms with van der Waals surface area (Å²) in [7, 11) is -5.86. The second-order valence-corrected chi connectivity index (χ2v) is 30.0. The summed E-state index contributed by atoms with van der Waals surface area (Å²) in [6.45, 7) is 15.3. The minimum Gasteiger partial charge on any atom is -0.391 e. The van der Waals surface area contributed by atoms with E-state index in [1.54, 1.807) is 42.5 Å². The van der Waals surface area contributed by atoms with Crippen LogP contribution in [0.4, 0.5) is 8.78 Å². The number of aryl methyl sites for hydroxylation is 1. The van der Waals surface area contributed by atoms with Gasteiger partial charge in [0.05, 0.1) is 52.4 Å². The third-order valence-corrected chi connectivity index (χ3v) is 20.2. The van der Waals surface area contributed by atoms with Gasteiger partial charge in [0, 0.05) is 55.7 Å². The summed E-state index contributed by atoms with van der Waals surface area (Å²) in [5.74, 6) is -3.08. The number of benzene rings is 3. The first-order valence-electron chi connectivity index (χ1n) is 31.4. The fraction of sp³-hybridized carbons (Fsp3) is 0.545. The molecule has 92 heavy (non-hydrogen) atoms. The lowest BCUT2D eigenvalue weighted by molar-refractivity contribution is -0.150. The normalized spacial score (nSPS) is 20.0. The number of hydrogen-bond donors (Lipinski definition) is 7. The Morgan fingerprint density at radius 3 is 2.05 bits per heavy atom. The zero-order valence-corrected chi connectivity index (χ0v) is 56.0. The van der Waals surface area contributed by atoms with Crippen LogP contribution in [0.15, 0.2) is 84.4 Å². The van der Waals surface area contributed by atoms with E-state index in [0.29, 0.717) is 24.1 Å². The van der Waals surface area contributed by atoms with E-state index < -0.39 is 89.9 Å². The SMILES string of the molecule is Cc1ncsc1-c1ccc([C@H](C)NC(=O)[C@@H]2C[C@@H](O)CN2C(=O)C(NC(=O)CCCCCCCCCNC(=O)CO[C@H]2C[C@@H](C(=O)N3CCOC(c4ccccc4)C3)N(C(=O)C(NC(=O)c3cc4cc(C(F)(F)P(=O)(O)O)ccc4s3)C(C)(C)C)C2)C(C)(C)C)cc1. The molecule has 5 aromatic rings. The molecule has 3 saturated heterocycles. The number of carbonyl (C=O) groups is 7. The Bertz CT molecular complexity index is 3460. The van der Waals surface area contributed by atoms with Crippen molar-refractivity contribution >= 4 is 81.7 Å². The Labute approximate surface area is 543 Å². The average Bonchev–Trinajstić information content (AvgIpc) is 1.57. The Kier molecular flexibility index (Phi) is 23.8. The standard InChI is InChI=1S/C66H87F2N8O13PS2/c1-40(42-22-24-44(25-23-42)56-41(2)70-39-91-56)71-59(80)49-33-47(77)35-75(49)62(83)57(64(3,4)5)72-54(78)21-17-12-10-9-11-13-18-28-69-55(79)38-89-48-34-50(61(82)74-29-30-88-51(37-74)43-19-15-14-16-20-43)76(36-48)63(84)58(65(6,7)8)73-60(81)53-32-45-31-46(26-27-52(45)92-53)66(67,68)90(85,86)87/h14-16,19-20,22-27,31-32,39-40,47-51,57-58,77H,9-13,17-18,21,28-30,33-38H2,1-8H3,(H,69,79)(H,71,80)(H,72,78)(H,73,81)(H2,85,86,87)/t40-,47+,48-,49-,50-,51?,57?,58?/m0/s1. The predicted octanol–water partition coefficient (Wildman–Crippen LogP) is 8.90. The average molecular weight is 1330 g/mol. The van der Waals surface area contributed by atoms with Crippen LogP contribution in [0.1, 0.15) is 157 Å². The number of alkyl halides is 2. The first kappa shape index (κ1) is 71.3. The summed E-state index contributed by atoms with van der Waals surface area (Å²) in [5.41, 5.74) is -1.46. The van der Waals surface area contributed by atoms with Crippen molar-refractivity contribution < 1.29 is 71.3 Å². The molecule has 2 aromatic heterocycles. The number of thiophene rings is 1. The molecule has 3 unspecified atom stereocenters. The maximum absolute atomic E-state index is 14.9. The van der Waals surface area contributed by atoms with Crippen LogP contribution >= 0.6 is 30.3 Å². The van der Waals surface area contributed by atoms with Crippen molar-refractivity contribution in [3.63, 3.8) is 0 Å². The summed E-state index contributed by atoms with van der Waals surface area (Å²) < 4.78 is 53.4. The fourth-order valence-corrected chi connectivity index (χ4v) is 14.1. The van der Waals surface area contributed by atoms with E-state index in [4.69, 9.17) is 9.47 Å². The number of rotatable bonds is 26. The zero-order chi connectivity index (χ0) is 66.9. The molecule has 3 aromatic carbocycles. The molecule has 500 valence electrons. The van der Waals surface area contributed by atoms with Gasteiger partial charge in [-0.3, -0.25) is 38.1 Å². The fourth-order valence-electron chi connectivity index (χ4n) is 11.9. The second-order valence-electron chi connectivity index (χ2n) is 26.4. The zero-order valence-electron chi connectivity index (χ0n) is 53.5. The van der Waals surface area contributed by atoms with Gasteiger partial charge in [0.15, 0.2) is 0 Å². The van der Waals surface area contributed by atoms with Crippen molar-refractivity contribution in [3.05, 3.63) is 112 Å². The molecule has 21 nitrogen and oxygen atoms in total. The van der Waals surface area contributed by atoms with Gasteiger partial charge >= 0.3 is 13.3 Å². The van der Waals surface area contributed by atoms with Gasteiger partial charge < -0.3 is 60.3 Å². The van der Waals surface area contributed by atoms with Crippen LogP contribution in [0.5, 0.6) is 0 Å². The highest BCUT2D eigenvalue weighted by atomic mass is 32.1. The Hall–Kier alpha value is -6.57. The third kappa shape index (κ3) is 18.0. The lowest BCUT2D eigenvalue weighted by Gasteiger charge is -2.38. The number of thiazole rings is 1. The predicted molar refractivity (Wildman–Crippen MR) is 346 cm³/mol. The number of aliphatic hydroxyl groups excluding tert-OH is 1. The number of amides is 7. The number of aromatic nitrogens is 1. The Morgan fingerprint density at radius 2 is 1.41 bits per heavy atom. The topological polar surface area (TPSA) is 286 Å². The largest absolute Gasteiger partial charge is 0.399 e. The number of likely N-dealkylation sites (tertiary alicyclic amines) is 2. The summed E-state index contributed by atoms with van der Waals surface area (Å²) >= 11 is 2.50. The summed E-state index contributed by atoms with van der Waals surface area (Å²) in [6, 6.07) is 17.2. The summed E-state index contributed by atoms with van der Waals surface area (Å²) in [6.07, 6.45) is 3.94. The maximum Gasteiger partial charge on any atom is 0.399 e. The number of hydrogen-bond acceptors (Lipinski definition) is 14. The van der Waals surface area contributed by atoms with Crippen molar-refractivity contribution in [2.45, 2.75) is 174 Å². The van der Waals surface area contributed by atoms with Crippen molar-refractivity contribution in [2.75, 3.05) is 45.9 Å². The molecular formula is C66H87F2N8O13PS2. The second kappa shape index (κ2) is 30.7. The summed E-state index contributed by atoms with van der Waals surface area (Å²) in [5, 5.41) is 22.5. The minimum atomic E-state index is -5.86. The van der Waals surface area contributed by atoms with Crippen LogP contribution in [-0.4, -0.2) is 158 Å². The van der Waals surface area contributed by atoms with E-state index in [9.17, 15) is 61.8 Å². The molecule has 8 atom stereocenters. The number of β-amino-alcohol motifs (C(OH)–C–C–N with tert-alkyl or cyclic N) is 1. The van der Waals surface area contributed by atoms with Gasteiger partial charge in [-0.05, 0) is 77.8 Å². The smallest absolute Gasteiger partial charge is 0.391 e. The third-order valence-electron chi connectivity index (χ3n) is 17.1. The summed E-state index contributed by atoms with van der Waals surface area (Å²) in [4.78, 5) is 126. The van der Waals surface area contributed by atoms with E-state index >= 15 is 0 Å². The lowest BCUT2D eigenvalue weighted by Crippen LogP contribution is -2.58. The number of ether oxygens (including phenoxy) is 2. The number of carbonyl (C=O) groups excluding carboxylic acids is 7. The number of nitrogens with one attached hydrogen (secondary N) is 4. The molecule has 0 aliphatic carbocycles. The van der Waals surface area contributed by atoms with Gasteiger partial charge in [0.25, 0.3) is 5.91 Å². The van der Waals surface area contributed by atoms with Crippen LogP contribution in [0, 0.1) is 17.8 Å². The molecule has 3 aliphatic rings. The van der Waals surface area contributed by atoms with Crippen LogP contribution in [0.2, 0.25) is 0 Å². The monoisotopic (exact) mass is 1330 g/mol. The molecule has 7 amide bonds. The van der Waals surface area contributed by atoms with E-state index in [2.05, 4.69) is 26.3 Å². The Balaban J connectivity index is 0.774. The number of halogens is 2. The quantitative estimate of drug-likeness (QED) is 0.0201. The minimum absolute atomic E-state index is 0.0255. The van der Waals surface area contributed by atoms with Crippen molar-refractivity contribution in [1.29, 1.82) is 0 Å². The molecule has 8 rings (SSSR count). The van der Waals surface area contributed by atoms with Gasteiger partial charge in [0.2, 0.25) is 35.4 Å². The van der Waals surface area contributed by atoms with Crippen LogP contribution in [-0.2, 0) is 48.5 Å². The molecule has 0 radical (unpaired) electrons. The van der Waals surface area contributed by atoms with Crippen molar-refractivity contribution in [1.82, 2.24) is 41.0 Å².